The van der Waals surface area contributed by atoms with E-state index in [0.717, 1.165) is 17.5 Å². The molecule has 3 N–H and O–H groups in total. The van der Waals surface area contributed by atoms with Crippen LogP contribution < -0.4 is 11.3 Å². The number of nitrogens with two attached hydrogens (primary N) is 1. The molecular weight excluding hydrogens is 262 g/mol. The first-order valence-corrected chi connectivity index (χ1v) is 6.72. The van der Waals surface area contributed by atoms with Gasteiger partial charge in [0, 0.05) is 23.6 Å². The Hall–Kier alpha value is -1.99. The number of carbonyl (C=O) groups is 1. The lowest BCUT2D eigenvalue weighted by molar-refractivity contribution is 0.0725. The molecule has 2 aromatic rings. The first kappa shape index (κ1) is 12.1. The lowest BCUT2D eigenvalue weighted by Crippen LogP contribution is -2.37. The molecule has 1 amide bonds. The highest BCUT2D eigenvalue weighted by molar-refractivity contribution is 7.10. The summed E-state index contributed by atoms with van der Waals surface area (Å²) in [5.74, 6) is 5.43. The number of nitrogen functional groups attached to an aromatic ring is 1. The third-order valence-electron chi connectivity index (χ3n) is 3.21. The number of nitrogens with one attached hydrogen (secondary N) is 1. The van der Waals surface area contributed by atoms with Gasteiger partial charge in [-0.25, -0.2) is 5.84 Å². The molecule has 0 saturated carbocycles. The lowest BCUT2D eigenvalue weighted by atomic mass is 9.99. The van der Waals surface area contributed by atoms with Crippen LogP contribution in [0.5, 0.6) is 0 Å². The zero-order valence-corrected chi connectivity index (χ0v) is 11.0. The van der Waals surface area contributed by atoms with Crippen LogP contribution in [0, 0.1) is 0 Å². The van der Waals surface area contributed by atoms with E-state index in [1.807, 2.05) is 24.3 Å². The van der Waals surface area contributed by atoms with Crippen molar-refractivity contribution in [3.8, 4) is 0 Å². The molecule has 7 heteroatoms. The van der Waals surface area contributed by atoms with Crippen molar-refractivity contribution in [2.24, 2.45) is 5.84 Å². The number of benzene rings is 1. The molecule has 1 aliphatic heterocycles. The molecule has 1 aromatic heterocycles. The quantitative estimate of drug-likeness (QED) is 0.645. The molecule has 1 aromatic carbocycles. The number of aromatic nitrogens is 2. The van der Waals surface area contributed by atoms with E-state index in [4.69, 9.17) is 5.84 Å². The van der Waals surface area contributed by atoms with E-state index in [-0.39, 0.29) is 5.91 Å². The van der Waals surface area contributed by atoms with E-state index in [0.29, 0.717) is 23.8 Å². The monoisotopic (exact) mass is 275 g/mol. The van der Waals surface area contributed by atoms with Crippen LogP contribution in [0.2, 0.25) is 0 Å². The molecule has 0 spiro atoms. The summed E-state index contributed by atoms with van der Waals surface area (Å²) in [6.07, 6.45) is 0.866. The first-order chi connectivity index (χ1) is 9.29. The maximum absolute atomic E-state index is 12.4. The Bertz CT molecular complexity index is 612. The molecule has 0 aliphatic carbocycles. The summed E-state index contributed by atoms with van der Waals surface area (Å²) in [5.41, 5.74) is 5.15. The van der Waals surface area contributed by atoms with E-state index in [1.54, 1.807) is 4.90 Å². The van der Waals surface area contributed by atoms with E-state index < -0.39 is 0 Å². The van der Waals surface area contributed by atoms with Crippen LogP contribution in [0.1, 0.15) is 21.6 Å². The maximum atomic E-state index is 12.4. The van der Waals surface area contributed by atoms with Gasteiger partial charge in [-0.1, -0.05) is 22.7 Å². The summed E-state index contributed by atoms with van der Waals surface area (Å²) in [6.45, 7) is 1.13. The van der Waals surface area contributed by atoms with Gasteiger partial charge in [0.1, 0.15) is 10.7 Å². The predicted molar refractivity (Wildman–Crippen MR) is 72.6 cm³/mol. The summed E-state index contributed by atoms with van der Waals surface area (Å²) >= 11 is 1.19. The minimum absolute atomic E-state index is 0.0396. The number of anilines is 1. The van der Waals surface area contributed by atoms with Crippen molar-refractivity contribution < 1.29 is 4.79 Å². The second-order valence-electron chi connectivity index (χ2n) is 4.33. The Balaban J connectivity index is 1.83. The molecule has 0 fully saturated rings. The van der Waals surface area contributed by atoms with Gasteiger partial charge < -0.3 is 10.3 Å². The minimum atomic E-state index is 0.0396. The molecule has 0 saturated heterocycles. The van der Waals surface area contributed by atoms with Crippen LogP contribution >= 0.6 is 11.5 Å². The Morgan fingerprint density at radius 3 is 3.11 bits per heavy atom. The molecule has 0 bridgehead atoms. The average molecular weight is 275 g/mol. The summed E-state index contributed by atoms with van der Waals surface area (Å²) < 4.78 is 3.84. The molecular formula is C12H13N5OS. The number of hydrogen-bond donors (Lipinski definition) is 2. The normalized spacial score (nSPS) is 14.4. The van der Waals surface area contributed by atoms with E-state index in [9.17, 15) is 4.79 Å². The summed E-state index contributed by atoms with van der Waals surface area (Å²) in [5, 5.41) is 4.70. The van der Waals surface area contributed by atoms with E-state index in [1.165, 1.54) is 11.5 Å². The topological polar surface area (TPSA) is 84.1 Å². The van der Waals surface area contributed by atoms with Crippen molar-refractivity contribution >= 4 is 22.4 Å². The molecule has 2 heterocycles. The van der Waals surface area contributed by atoms with E-state index in [2.05, 4.69) is 15.0 Å². The van der Waals surface area contributed by atoms with Crippen molar-refractivity contribution in [3.05, 3.63) is 41.1 Å². The van der Waals surface area contributed by atoms with E-state index >= 15 is 0 Å². The van der Waals surface area contributed by atoms with Gasteiger partial charge in [-0.3, -0.25) is 4.79 Å². The highest BCUT2D eigenvalue weighted by atomic mass is 32.1. The third-order valence-corrected chi connectivity index (χ3v) is 3.91. The second kappa shape index (κ2) is 4.94. The van der Waals surface area contributed by atoms with Gasteiger partial charge in [0.25, 0.3) is 5.91 Å². The number of amides is 1. The van der Waals surface area contributed by atoms with Gasteiger partial charge in [0.2, 0.25) is 0 Å². The van der Waals surface area contributed by atoms with Crippen molar-refractivity contribution in [1.29, 1.82) is 0 Å². The number of nitrogens with zero attached hydrogens (tertiary/aromatic N) is 3. The summed E-state index contributed by atoms with van der Waals surface area (Å²) in [7, 11) is 0. The SMILES string of the molecule is NNc1snnc1CN1CCc2ccccc2C1=O. The molecule has 6 nitrogen and oxygen atoms in total. The Morgan fingerprint density at radius 1 is 1.42 bits per heavy atom. The van der Waals surface area contributed by atoms with Crippen molar-refractivity contribution in [3.63, 3.8) is 0 Å². The van der Waals surface area contributed by atoms with Crippen LogP contribution in [-0.2, 0) is 13.0 Å². The van der Waals surface area contributed by atoms with Crippen molar-refractivity contribution in [1.82, 2.24) is 14.5 Å². The fraction of sp³-hybridized carbons (Fsp3) is 0.250. The third kappa shape index (κ3) is 2.18. The predicted octanol–water partition coefficient (Wildman–Crippen LogP) is 1.02. The van der Waals surface area contributed by atoms with Gasteiger partial charge in [-0.2, -0.15) is 0 Å². The Labute approximate surface area is 114 Å². The smallest absolute Gasteiger partial charge is 0.254 e. The molecule has 19 heavy (non-hydrogen) atoms. The molecule has 0 radical (unpaired) electrons. The number of hydrazine groups is 1. The number of hydrogen-bond acceptors (Lipinski definition) is 6. The minimum Gasteiger partial charge on any atom is -0.332 e. The van der Waals surface area contributed by atoms with Crippen LogP contribution in [0.3, 0.4) is 0 Å². The standard InChI is InChI=1S/C12H13N5OS/c13-14-11-10(15-16-19-11)7-17-6-5-8-3-1-2-4-9(8)12(17)18/h1-4,14H,5-7,13H2. The molecule has 3 rings (SSSR count). The van der Waals surface area contributed by atoms with Crippen LogP contribution in [0.25, 0.3) is 0 Å². The average Bonchev–Trinajstić information content (AvgIpc) is 2.89. The fourth-order valence-electron chi connectivity index (χ4n) is 2.23. The van der Waals surface area contributed by atoms with Gasteiger partial charge in [-0.05, 0) is 18.1 Å². The fourth-order valence-corrected chi connectivity index (χ4v) is 2.71. The zero-order valence-electron chi connectivity index (χ0n) is 10.2. The molecule has 98 valence electrons. The van der Waals surface area contributed by atoms with Crippen LogP contribution in [0.4, 0.5) is 5.00 Å². The van der Waals surface area contributed by atoms with Crippen LogP contribution in [0.15, 0.2) is 24.3 Å². The van der Waals surface area contributed by atoms with Crippen molar-refractivity contribution in [2.75, 3.05) is 12.0 Å². The van der Waals surface area contributed by atoms with Crippen LogP contribution in [-0.4, -0.2) is 26.9 Å². The van der Waals surface area contributed by atoms with Gasteiger partial charge in [0.15, 0.2) is 0 Å². The Kier molecular flexibility index (Phi) is 3.14. The highest BCUT2D eigenvalue weighted by Gasteiger charge is 2.25. The highest BCUT2D eigenvalue weighted by Crippen LogP contribution is 2.23. The van der Waals surface area contributed by atoms with Gasteiger partial charge in [-0.15, -0.1) is 5.10 Å². The number of rotatable bonds is 3. The summed E-state index contributed by atoms with van der Waals surface area (Å²) in [4.78, 5) is 14.1. The number of carbonyl (C=O) groups excluding carboxylic acids is 1. The maximum Gasteiger partial charge on any atom is 0.254 e. The van der Waals surface area contributed by atoms with Gasteiger partial charge >= 0.3 is 0 Å². The summed E-state index contributed by atoms with van der Waals surface area (Å²) in [6, 6.07) is 7.72. The first-order valence-electron chi connectivity index (χ1n) is 5.94. The molecule has 0 unspecified atom stereocenters. The largest absolute Gasteiger partial charge is 0.332 e. The molecule has 1 aliphatic rings. The second-order valence-corrected chi connectivity index (χ2v) is 5.08. The molecule has 0 atom stereocenters. The lowest BCUT2D eigenvalue weighted by Gasteiger charge is -2.28. The zero-order chi connectivity index (χ0) is 13.2. The number of fused-ring (bicyclic) bond motifs is 1. The van der Waals surface area contributed by atoms with Gasteiger partial charge in [0.05, 0.1) is 6.54 Å². The Morgan fingerprint density at radius 2 is 2.26 bits per heavy atom. The van der Waals surface area contributed by atoms with Crippen molar-refractivity contribution in [2.45, 2.75) is 13.0 Å².